The van der Waals surface area contributed by atoms with Crippen LogP contribution in [0.1, 0.15) is 17.2 Å². The highest BCUT2D eigenvalue weighted by atomic mass is 16.6. The minimum absolute atomic E-state index is 0.0546. The van der Waals surface area contributed by atoms with Crippen LogP contribution in [-0.4, -0.2) is 28.4 Å². The van der Waals surface area contributed by atoms with E-state index >= 15 is 0 Å². The van der Waals surface area contributed by atoms with Gasteiger partial charge in [0.2, 0.25) is 6.23 Å². The quantitative estimate of drug-likeness (QED) is 0.249. The van der Waals surface area contributed by atoms with Crippen molar-refractivity contribution in [2.24, 2.45) is 32.9 Å². The van der Waals surface area contributed by atoms with Gasteiger partial charge in [0.1, 0.15) is 0 Å². The Balaban J connectivity index is 1.97. The van der Waals surface area contributed by atoms with Crippen molar-refractivity contribution in [3.63, 3.8) is 0 Å². The Morgan fingerprint density at radius 2 is 1.68 bits per heavy atom. The third-order valence-electron chi connectivity index (χ3n) is 3.82. The number of guanidine groups is 2. The molecule has 146 valence electrons. The first-order valence-corrected chi connectivity index (χ1v) is 8.17. The average molecular weight is 384 g/mol. The van der Waals surface area contributed by atoms with Gasteiger partial charge in [0.15, 0.2) is 41.0 Å². The number of hydrogen-bond acceptors (Lipinski definition) is 6. The molecule has 0 fully saturated rings. The highest BCUT2D eigenvalue weighted by Crippen LogP contribution is 2.42. The maximum Gasteiger partial charge on any atom is 0.234 e. The molecule has 1 aliphatic heterocycles. The number of benzene rings is 2. The van der Waals surface area contributed by atoms with Gasteiger partial charge in [0, 0.05) is 11.8 Å². The number of aromatic hydroxyl groups is 2. The fraction of sp³-hybridized carbons (Fsp3) is 0.111. The van der Waals surface area contributed by atoms with Crippen LogP contribution in [0.2, 0.25) is 0 Å². The Labute approximate surface area is 160 Å². The summed E-state index contributed by atoms with van der Waals surface area (Å²) in [5.74, 6) is 0.0818. The van der Waals surface area contributed by atoms with Crippen LogP contribution in [0.4, 0.5) is 0 Å². The molecule has 3 rings (SSSR count). The fourth-order valence-electron chi connectivity index (χ4n) is 2.61. The number of nitrogens with zero attached hydrogens (tertiary/aromatic N) is 2. The van der Waals surface area contributed by atoms with Crippen molar-refractivity contribution in [1.29, 1.82) is 0 Å². The highest BCUT2D eigenvalue weighted by Gasteiger charge is 2.33. The summed E-state index contributed by atoms with van der Waals surface area (Å²) in [4.78, 5) is 7.84. The Bertz CT molecular complexity index is 965. The van der Waals surface area contributed by atoms with Crippen molar-refractivity contribution >= 4 is 18.0 Å². The first-order valence-electron chi connectivity index (χ1n) is 8.17. The molecule has 0 amide bonds. The predicted octanol–water partition coefficient (Wildman–Crippen LogP) is 0.454. The van der Waals surface area contributed by atoms with Crippen LogP contribution < -0.4 is 32.4 Å². The zero-order chi connectivity index (χ0) is 20.3. The summed E-state index contributed by atoms with van der Waals surface area (Å²) in [5.41, 5.74) is 22.9. The molecule has 10 nitrogen and oxygen atoms in total. The fourth-order valence-corrected chi connectivity index (χ4v) is 2.61. The van der Waals surface area contributed by atoms with Crippen molar-refractivity contribution in [3.8, 4) is 23.0 Å². The second-order valence-corrected chi connectivity index (χ2v) is 5.92. The van der Waals surface area contributed by atoms with Gasteiger partial charge in [-0.3, -0.25) is 0 Å². The van der Waals surface area contributed by atoms with Gasteiger partial charge in [-0.05, 0) is 35.9 Å². The van der Waals surface area contributed by atoms with E-state index in [1.807, 2.05) is 0 Å². The van der Waals surface area contributed by atoms with Crippen molar-refractivity contribution in [2.45, 2.75) is 12.3 Å². The van der Waals surface area contributed by atoms with E-state index in [1.54, 1.807) is 30.3 Å². The Morgan fingerprint density at radius 1 is 0.893 bits per heavy atom. The smallest absolute Gasteiger partial charge is 0.234 e. The van der Waals surface area contributed by atoms with Gasteiger partial charge in [0.25, 0.3) is 0 Å². The maximum atomic E-state index is 9.81. The van der Waals surface area contributed by atoms with E-state index in [-0.39, 0.29) is 23.4 Å². The summed E-state index contributed by atoms with van der Waals surface area (Å²) in [6, 6.07) is 9.47. The molecule has 10 N–H and O–H groups in total. The summed E-state index contributed by atoms with van der Waals surface area (Å²) in [6.07, 6.45) is 1.49. The monoisotopic (exact) mass is 384 g/mol. The SMILES string of the molecule is NC(N)=NC=Cc1ccc2c(c1)OC(c1ccc(O)c(O)c1)C(N=C(N)N)O2. The number of aliphatic imine (C=N–C) groups is 2. The maximum absolute atomic E-state index is 9.81. The van der Waals surface area contributed by atoms with Gasteiger partial charge in [-0.2, -0.15) is 0 Å². The first kappa shape index (κ1) is 18.7. The Morgan fingerprint density at radius 3 is 2.36 bits per heavy atom. The van der Waals surface area contributed by atoms with Gasteiger partial charge < -0.3 is 42.6 Å². The number of rotatable bonds is 4. The van der Waals surface area contributed by atoms with Gasteiger partial charge in [0.05, 0.1) is 0 Å². The molecular formula is C18H20N6O4. The molecule has 2 unspecified atom stereocenters. The van der Waals surface area contributed by atoms with E-state index in [1.165, 1.54) is 18.3 Å². The summed E-state index contributed by atoms with van der Waals surface area (Å²) >= 11 is 0. The predicted molar refractivity (Wildman–Crippen MR) is 105 cm³/mol. The number of nitrogens with two attached hydrogens (primary N) is 4. The molecule has 0 bridgehead atoms. The molecular weight excluding hydrogens is 364 g/mol. The van der Waals surface area contributed by atoms with Crippen LogP contribution in [-0.2, 0) is 0 Å². The van der Waals surface area contributed by atoms with Crippen LogP contribution in [0.15, 0.2) is 52.6 Å². The van der Waals surface area contributed by atoms with Crippen LogP contribution in [0.3, 0.4) is 0 Å². The normalized spacial score (nSPS) is 17.9. The van der Waals surface area contributed by atoms with E-state index in [0.717, 1.165) is 5.56 Å². The topological polar surface area (TPSA) is 188 Å². The average Bonchev–Trinajstić information content (AvgIpc) is 2.63. The summed E-state index contributed by atoms with van der Waals surface area (Å²) in [7, 11) is 0. The third-order valence-corrected chi connectivity index (χ3v) is 3.82. The third kappa shape index (κ3) is 4.18. The Hall–Kier alpha value is -4.08. The van der Waals surface area contributed by atoms with Gasteiger partial charge in [-0.25, -0.2) is 9.98 Å². The number of phenolic OH excluding ortho intramolecular Hbond substituents is 2. The number of fused-ring (bicyclic) bond motifs is 1. The van der Waals surface area contributed by atoms with E-state index in [4.69, 9.17) is 32.4 Å². The molecule has 1 heterocycles. The van der Waals surface area contributed by atoms with Crippen molar-refractivity contribution in [1.82, 2.24) is 0 Å². The second kappa shape index (κ2) is 7.66. The van der Waals surface area contributed by atoms with E-state index in [2.05, 4.69) is 9.98 Å². The van der Waals surface area contributed by atoms with Crippen LogP contribution in [0.25, 0.3) is 6.08 Å². The second-order valence-electron chi connectivity index (χ2n) is 5.92. The van der Waals surface area contributed by atoms with Gasteiger partial charge >= 0.3 is 0 Å². The minimum Gasteiger partial charge on any atom is -0.504 e. The first-order chi connectivity index (χ1) is 13.3. The zero-order valence-electron chi connectivity index (χ0n) is 14.7. The van der Waals surface area contributed by atoms with Gasteiger partial charge in [-0.1, -0.05) is 12.1 Å². The summed E-state index contributed by atoms with van der Waals surface area (Å²) < 4.78 is 11.9. The van der Waals surface area contributed by atoms with E-state index in [9.17, 15) is 10.2 Å². The van der Waals surface area contributed by atoms with Crippen LogP contribution in [0.5, 0.6) is 23.0 Å². The molecule has 0 spiro atoms. The number of hydrogen-bond donors (Lipinski definition) is 6. The number of phenols is 2. The molecule has 0 saturated heterocycles. The van der Waals surface area contributed by atoms with Crippen molar-refractivity contribution in [3.05, 3.63) is 53.7 Å². The molecule has 0 radical (unpaired) electrons. The lowest BCUT2D eigenvalue weighted by Crippen LogP contribution is -2.35. The lowest BCUT2D eigenvalue weighted by atomic mass is 10.1. The van der Waals surface area contributed by atoms with Crippen molar-refractivity contribution in [2.75, 3.05) is 0 Å². The molecule has 1 aliphatic rings. The molecule has 0 saturated carbocycles. The molecule has 0 aromatic heterocycles. The van der Waals surface area contributed by atoms with E-state index in [0.29, 0.717) is 17.1 Å². The molecule has 10 heteroatoms. The van der Waals surface area contributed by atoms with E-state index < -0.39 is 12.3 Å². The highest BCUT2D eigenvalue weighted by molar-refractivity contribution is 5.77. The molecule has 2 aromatic rings. The van der Waals surface area contributed by atoms with Gasteiger partial charge in [-0.15, -0.1) is 0 Å². The molecule has 0 aliphatic carbocycles. The largest absolute Gasteiger partial charge is 0.504 e. The standard InChI is InChI=1S/C18H20N6O4/c19-17(20)23-6-5-9-1-4-13-14(7-9)27-15(16(28-13)24-18(21)22)10-2-3-11(25)12(26)8-10/h1-8,15-16,25-26H,(H4,19,20,23)(H4,21,22,24). The van der Waals surface area contributed by atoms with Crippen molar-refractivity contribution < 1.29 is 19.7 Å². The molecule has 2 atom stereocenters. The zero-order valence-corrected chi connectivity index (χ0v) is 14.7. The molecule has 2 aromatic carbocycles. The summed E-state index contributed by atoms with van der Waals surface area (Å²) in [6.45, 7) is 0. The molecule has 28 heavy (non-hydrogen) atoms. The minimum atomic E-state index is -0.885. The summed E-state index contributed by atoms with van der Waals surface area (Å²) in [5, 5.41) is 19.4. The van der Waals surface area contributed by atoms with Crippen LogP contribution in [0, 0.1) is 0 Å². The lowest BCUT2D eigenvalue weighted by Gasteiger charge is -2.32. The van der Waals surface area contributed by atoms with Crippen LogP contribution >= 0.6 is 0 Å². The lowest BCUT2D eigenvalue weighted by molar-refractivity contribution is 0.0248. The number of ether oxygens (including phenoxy) is 2. The Kier molecular flexibility index (Phi) is 5.12.